The average molecular weight is 517 g/mol. The van der Waals surface area contributed by atoms with E-state index in [4.69, 9.17) is 11.6 Å². The number of aromatic nitrogens is 2. The number of benzene rings is 1. The van der Waals surface area contributed by atoms with Gasteiger partial charge < -0.3 is 15.3 Å². The summed E-state index contributed by atoms with van der Waals surface area (Å²) in [5.74, 6) is -4.37. The predicted molar refractivity (Wildman–Crippen MR) is 119 cm³/mol. The Balaban J connectivity index is 1.82. The summed E-state index contributed by atoms with van der Waals surface area (Å²) >= 11 is 5.80. The minimum absolute atomic E-state index is 0.0170. The number of fused-ring (bicyclic) bond motifs is 1. The first kappa shape index (κ1) is 24.7. The zero-order chi connectivity index (χ0) is 25.5. The lowest BCUT2D eigenvalue weighted by Crippen LogP contribution is -2.40. The first-order valence-corrected chi connectivity index (χ1v) is 10.7. The lowest BCUT2D eigenvalue weighted by atomic mass is 10.1. The molecule has 35 heavy (non-hydrogen) atoms. The van der Waals surface area contributed by atoms with Crippen molar-refractivity contribution in [2.45, 2.75) is 31.0 Å². The fourth-order valence-corrected chi connectivity index (χ4v) is 4.07. The molecule has 4 rings (SSSR count). The zero-order valence-corrected chi connectivity index (χ0v) is 18.6. The number of nitrogens with one attached hydrogen (secondary N) is 1. The van der Waals surface area contributed by atoms with Gasteiger partial charge >= 0.3 is 12.1 Å². The molecule has 2 N–H and O–H groups in total. The monoisotopic (exact) mass is 516 g/mol. The number of alkyl halides is 5. The average Bonchev–Trinajstić information content (AvgIpc) is 2.77. The van der Waals surface area contributed by atoms with Gasteiger partial charge in [-0.05, 0) is 24.3 Å². The minimum atomic E-state index is -4.93. The van der Waals surface area contributed by atoms with Crippen LogP contribution in [0.2, 0.25) is 5.02 Å². The van der Waals surface area contributed by atoms with E-state index in [1.807, 2.05) is 0 Å². The van der Waals surface area contributed by atoms with E-state index in [0.29, 0.717) is 0 Å². The van der Waals surface area contributed by atoms with Gasteiger partial charge in [0.15, 0.2) is 6.04 Å². The van der Waals surface area contributed by atoms with Gasteiger partial charge in [-0.2, -0.15) is 13.2 Å². The molecular weight excluding hydrogens is 499 g/mol. The van der Waals surface area contributed by atoms with Crippen LogP contribution in [0.5, 0.6) is 0 Å². The first-order valence-electron chi connectivity index (χ1n) is 10.4. The van der Waals surface area contributed by atoms with Crippen molar-refractivity contribution in [3.8, 4) is 0 Å². The van der Waals surface area contributed by atoms with Gasteiger partial charge in [-0.25, -0.2) is 18.6 Å². The van der Waals surface area contributed by atoms with Gasteiger partial charge in [0.25, 0.3) is 11.5 Å². The molecule has 1 atom stereocenters. The zero-order valence-electron chi connectivity index (χ0n) is 17.8. The second kappa shape index (κ2) is 8.99. The lowest BCUT2D eigenvalue weighted by Gasteiger charge is -2.32. The Labute approximate surface area is 199 Å². The molecular formula is C22H18ClF5N4O3. The number of anilines is 2. The molecule has 0 aliphatic carbocycles. The number of rotatable bonds is 5. The minimum Gasteiger partial charge on any atom is -0.478 e. The van der Waals surface area contributed by atoms with Crippen LogP contribution in [0.3, 0.4) is 0 Å². The van der Waals surface area contributed by atoms with Crippen molar-refractivity contribution in [1.82, 2.24) is 9.38 Å². The molecule has 1 saturated heterocycles. The Morgan fingerprint density at radius 2 is 1.86 bits per heavy atom. The van der Waals surface area contributed by atoms with E-state index in [0.717, 1.165) is 28.7 Å². The molecule has 1 aromatic carbocycles. The normalized spacial score (nSPS) is 16.8. The number of pyridine rings is 1. The number of carboxylic acids is 1. The predicted octanol–water partition coefficient (Wildman–Crippen LogP) is 5.00. The summed E-state index contributed by atoms with van der Waals surface area (Å²) in [6, 6.07) is 4.32. The van der Waals surface area contributed by atoms with E-state index in [9.17, 15) is 36.6 Å². The van der Waals surface area contributed by atoms with Crippen LogP contribution in [0.25, 0.3) is 5.65 Å². The molecule has 0 unspecified atom stereocenters. The fraction of sp³-hybridized carbons (Fsp3) is 0.318. The number of carboxylic acid groups (broad SMARTS) is 1. The summed E-state index contributed by atoms with van der Waals surface area (Å²) in [4.78, 5) is 29.9. The van der Waals surface area contributed by atoms with Crippen molar-refractivity contribution in [3.05, 3.63) is 69.1 Å². The number of aromatic carboxylic acids is 1. The molecule has 0 radical (unpaired) electrons. The van der Waals surface area contributed by atoms with Crippen molar-refractivity contribution >= 4 is 34.7 Å². The highest BCUT2D eigenvalue weighted by Crippen LogP contribution is 2.38. The van der Waals surface area contributed by atoms with Gasteiger partial charge in [0.2, 0.25) is 0 Å². The van der Waals surface area contributed by atoms with E-state index in [1.165, 1.54) is 23.2 Å². The number of halogens is 6. The van der Waals surface area contributed by atoms with Crippen molar-refractivity contribution in [2.24, 2.45) is 0 Å². The molecule has 3 aromatic rings. The van der Waals surface area contributed by atoms with Crippen LogP contribution in [0, 0.1) is 0 Å². The summed E-state index contributed by atoms with van der Waals surface area (Å²) in [5.41, 5.74) is -2.31. The molecule has 0 amide bonds. The first-order chi connectivity index (χ1) is 16.4. The van der Waals surface area contributed by atoms with Crippen molar-refractivity contribution < 1.29 is 31.9 Å². The standard InChI is InChI=1S/C22H18ClF5N4O3/c23-12-3-4-15(14(10-12)20(34)35)29-18(22(26,27)28)13-2-1-7-32-17(33)11-16(30-19(13)32)31-8-5-21(24,25)6-9-31/h1-4,7,10-11,18,29H,5-6,8-9H2,(H,34,35)/t18-/m0/s1. The molecule has 0 saturated carbocycles. The van der Waals surface area contributed by atoms with Crippen molar-refractivity contribution in [3.63, 3.8) is 0 Å². The summed E-state index contributed by atoms with van der Waals surface area (Å²) in [7, 11) is 0. The van der Waals surface area contributed by atoms with E-state index in [2.05, 4.69) is 10.3 Å². The third-order valence-corrected chi connectivity index (χ3v) is 5.91. The quantitative estimate of drug-likeness (QED) is 0.464. The summed E-state index contributed by atoms with van der Waals surface area (Å²) in [6.45, 7) is -0.239. The van der Waals surface area contributed by atoms with Gasteiger partial charge in [-0.1, -0.05) is 17.7 Å². The Hall–Kier alpha value is -3.41. The summed E-state index contributed by atoms with van der Waals surface area (Å²) in [6.07, 6.45) is -4.65. The second-order valence-corrected chi connectivity index (χ2v) is 8.50. The molecule has 7 nitrogen and oxygen atoms in total. The van der Waals surface area contributed by atoms with Gasteiger partial charge in [0, 0.05) is 54.5 Å². The molecule has 1 fully saturated rings. The highest BCUT2D eigenvalue weighted by Gasteiger charge is 2.43. The van der Waals surface area contributed by atoms with Gasteiger partial charge in [0.1, 0.15) is 11.5 Å². The third-order valence-electron chi connectivity index (χ3n) is 5.68. The highest BCUT2D eigenvalue weighted by molar-refractivity contribution is 6.31. The molecule has 1 aliphatic heterocycles. The smallest absolute Gasteiger partial charge is 0.412 e. The maximum absolute atomic E-state index is 14.2. The van der Waals surface area contributed by atoms with Crippen LogP contribution in [-0.4, -0.2) is 45.6 Å². The Morgan fingerprint density at radius 1 is 1.17 bits per heavy atom. The molecule has 3 heterocycles. The molecule has 13 heteroatoms. The topological polar surface area (TPSA) is 86.9 Å². The Bertz CT molecular complexity index is 1330. The number of hydrogen-bond acceptors (Lipinski definition) is 5. The number of hydrogen-bond donors (Lipinski definition) is 2. The Morgan fingerprint density at radius 3 is 2.49 bits per heavy atom. The SMILES string of the molecule is O=C(O)c1cc(Cl)ccc1N[C@@H](c1cccn2c(=O)cc(N3CCC(F)(F)CC3)nc12)C(F)(F)F. The van der Waals surface area contributed by atoms with E-state index < -0.39 is 53.6 Å². The van der Waals surface area contributed by atoms with Crippen LogP contribution in [-0.2, 0) is 0 Å². The molecule has 0 spiro atoms. The van der Waals surface area contributed by atoms with Crippen LogP contribution < -0.4 is 15.8 Å². The molecule has 0 bridgehead atoms. The van der Waals surface area contributed by atoms with E-state index >= 15 is 0 Å². The van der Waals surface area contributed by atoms with Crippen LogP contribution >= 0.6 is 11.6 Å². The molecule has 1 aliphatic rings. The van der Waals surface area contributed by atoms with Crippen molar-refractivity contribution in [1.29, 1.82) is 0 Å². The largest absolute Gasteiger partial charge is 0.478 e. The fourth-order valence-electron chi connectivity index (χ4n) is 3.89. The van der Waals surface area contributed by atoms with Crippen LogP contribution in [0.1, 0.15) is 34.8 Å². The van der Waals surface area contributed by atoms with E-state index in [1.54, 1.807) is 0 Å². The van der Waals surface area contributed by atoms with Crippen molar-refractivity contribution in [2.75, 3.05) is 23.3 Å². The highest BCUT2D eigenvalue weighted by atomic mass is 35.5. The maximum atomic E-state index is 14.2. The van der Waals surface area contributed by atoms with Crippen LogP contribution in [0.4, 0.5) is 33.5 Å². The number of piperidine rings is 1. The van der Waals surface area contributed by atoms with Gasteiger partial charge in [0.05, 0.1) is 5.56 Å². The summed E-state index contributed by atoms with van der Waals surface area (Å²) in [5, 5.41) is 11.6. The maximum Gasteiger partial charge on any atom is 0.412 e. The van der Waals surface area contributed by atoms with E-state index in [-0.39, 0.29) is 35.3 Å². The molecule has 2 aromatic heterocycles. The third kappa shape index (κ3) is 5.16. The van der Waals surface area contributed by atoms with Crippen LogP contribution in [0.15, 0.2) is 47.4 Å². The second-order valence-electron chi connectivity index (χ2n) is 8.07. The van der Waals surface area contributed by atoms with Gasteiger partial charge in [-0.3, -0.25) is 9.20 Å². The lowest BCUT2D eigenvalue weighted by molar-refractivity contribution is -0.143. The number of nitrogens with zero attached hydrogens (tertiary/aromatic N) is 3. The Kier molecular flexibility index (Phi) is 6.34. The van der Waals surface area contributed by atoms with Gasteiger partial charge in [-0.15, -0.1) is 0 Å². The number of carbonyl (C=O) groups is 1. The molecule has 186 valence electrons. The summed E-state index contributed by atoms with van der Waals surface area (Å²) < 4.78 is 70.7.